The molecule has 0 bridgehead atoms. The van der Waals surface area contributed by atoms with E-state index < -0.39 is 0 Å². The third-order valence-electron chi connectivity index (χ3n) is 10.1. The van der Waals surface area contributed by atoms with E-state index in [0.717, 1.165) is 36.0 Å². The van der Waals surface area contributed by atoms with Gasteiger partial charge in [-0.2, -0.15) is 0 Å². The summed E-state index contributed by atoms with van der Waals surface area (Å²) in [4.78, 5) is 11.2. The van der Waals surface area contributed by atoms with E-state index in [4.69, 9.17) is 11.6 Å². The molecule has 0 heterocycles. The zero-order valence-electron chi connectivity index (χ0n) is 17.2. The fraction of sp³-hybridized carbons (Fsp3) is 0.958. The summed E-state index contributed by atoms with van der Waals surface area (Å²) in [5.74, 6) is 5.40. The topological polar surface area (TPSA) is 17.1 Å². The fourth-order valence-corrected chi connectivity index (χ4v) is 8.92. The van der Waals surface area contributed by atoms with Crippen LogP contribution in [0.1, 0.15) is 97.8 Å². The Balaban J connectivity index is 1.52. The lowest BCUT2D eigenvalue weighted by atomic mass is 9.44. The Morgan fingerprint density at radius 3 is 2.50 bits per heavy atom. The van der Waals surface area contributed by atoms with Crippen molar-refractivity contribution in [1.82, 2.24) is 0 Å². The third-order valence-corrected chi connectivity index (χ3v) is 10.3. The largest absolute Gasteiger partial charge is 0.281 e. The van der Waals surface area contributed by atoms with Crippen LogP contribution in [0.25, 0.3) is 0 Å². The molecule has 0 aromatic rings. The summed E-state index contributed by atoms with van der Waals surface area (Å²) in [7, 11) is 0. The van der Waals surface area contributed by atoms with E-state index in [1.54, 1.807) is 0 Å². The molecule has 0 saturated heterocycles. The second kappa shape index (κ2) is 7.09. The van der Waals surface area contributed by atoms with E-state index in [-0.39, 0.29) is 5.24 Å². The van der Waals surface area contributed by atoms with Gasteiger partial charge in [-0.25, -0.2) is 0 Å². The molecule has 0 aromatic heterocycles. The van der Waals surface area contributed by atoms with Crippen molar-refractivity contribution >= 4 is 16.8 Å². The van der Waals surface area contributed by atoms with Crippen LogP contribution in [0.5, 0.6) is 0 Å². The summed E-state index contributed by atoms with van der Waals surface area (Å²) in [5, 5.41) is -0.149. The van der Waals surface area contributed by atoms with Crippen LogP contribution < -0.4 is 0 Å². The summed E-state index contributed by atoms with van der Waals surface area (Å²) in [6.07, 6.45) is 16.3. The number of carbonyl (C=O) groups excluding carboxylic acids is 1. The Labute approximate surface area is 166 Å². The molecule has 4 saturated carbocycles. The summed E-state index contributed by atoms with van der Waals surface area (Å²) >= 11 is 5.63. The van der Waals surface area contributed by atoms with Gasteiger partial charge in [0.15, 0.2) is 0 Å². The molecule has 1 nitrogen and oxygen atoms in total. The second-order valence-electron chi connectivity index (χ2n) is 11.0. The lowest BCUT2D eigenvalue weighted by Gasteiger charge is -2.61. The Hall–Kier alpha value is -0.0400. The lowest BCUT2D eigenvalue weighted by Crippen LogP contribution is -2.53. The number of hydrogen-bond donors (Lipinski definition) is 0. The molecule has 0 radical (unpaired) electrons. The minimum Gasteiger partial charge on any atom is -0.281 e. The van der Waals surface area contributed by atoms with Gasteiger partial charge >= 0.3 is 0 Å². The van der Waals surface area contributed by atoms with E-state index in [2.05, 4.69) is 20.8 Å². The molecule has 4 aliphatic carbocycles. The van der Waals surface area contributed by atoms with Crippen molar-refractivity contribution in [2.45, 2.75) is 97.8 Å². The van der Waals surface area contributed by atoms with Crippen LogP contribution in [-0.2, 0) is 4.79 Å². The SMILES string of the molecule is CC(CCC(=O)Cl)C1CCC2C3CCC4CCCCC4(C)C3CCC12C. The van der Waals surface area contributed by atoms with Gasteiger partial charge in [0.2, 0.25) is 5.24 Å². The summed E-state index contributed by atoms with van der Waals surface area (Å²) < 4.78 is 0. The van der Waals surface area contributed by atoms with Crippen LogP contribution in [0.15, 0.2) is 0 Å². The molecule has 8 atom stereocenters. The molecular formula is C24H39ClO. The number of fused-ring (bicyclic) bond motifs is 5. The van der Waals surface area contributed by atoms with Crippen molar-refractivity contribution in [1.29, 1.82) is 0 Å². The Kier molecular flexibility index (Phi) is 5.26. The minimum atomic E-state index is -0.149. The molecule has 0 aliphatic heterocycles. The number of rotatable bonds is 4. The van der Waals surface area contributed by atoms with E-state index in [0.29, 0.717) is 23.2 Å². The molecule has 4 rings (SSSR count). The highest BCUT2D eigenvalue weighted by atomic mass is 35.5. The highest BCUT2D eigenvalue weighted by Gasteiger charge is 2.60. The Morgan fingerprint density at radius 2 is 1.73 bits per heavy atom. The summed E-state index contributed by atoms with van der Waals surface area (Å²) in [6, 6.07) is 0. The molecular weight excluding hydrogens is 340 g/mol. The first kappa shape index (κ1) is 19.3. The minimum absolute atomic E-state index is 0.149. The third kappa shape index (κ3) is 2.99. The van der Waals surface area contributed by atoms with Crippen molar-refractivity contribution in [3.8, 4) is 0 Å². The van der Waals surface area contributed by atoms with Crippen LogP contribution >= 0.6 is 11.6 Å². The second-order valence-corrected chi connectivity index (χ2v) is 11.4. The molecule has 0 amide bonds. The Bertz CT molecular complexity index is 544. The molecule has 26 heavy (non-hydrogen) atoms. The predicted octanol–water partition coefficient (Wildman–Crippen LogP) is 7.22. The quantitative estimate of drug-likeness (QED) is 0.472. The van der Waals surface area contributed by atoms with Crippen LogP contribution in [0, 0.1) is 46.3 Å². The van der Waals surface area contributed by atoms with Crippen LogP contribution in [-0.4, -0.2) is 5.24 Å². The van der Waals surface area contributed by atoms with Crippen LogP contribution in [0.4, 0.5) is 0 Å². The van der Waals surface area contributed by atoms with Gasteiger partial charge in [-0.1, -0.05) is 33.6 Å². The molecule has 0 aromatic carbocycles. The number of hydrogen-bond acceptors (Lipinski definition) is 1. The van der Waals surface area contributed by atoms with E-state index in [1.165, 1.54) is 64.2 Å². The van der Waals surface area contributed by atoms with E-state index in [9.17, 15) is 4.79 Å². The maximum absolute atomic E-state index is 11.2. The fourth-order valence-electron chi connectivity index (χ4n) is 8.81. The maximum atomic E-state index is 11.2. The van der Waals surface area contributed by atoms with Crippen LogP contribution in [0.3, 0.4) is 0 Å². The first-order chi connectivity index (χ1) is 12.4. The smallest absolute Gasteiger partial charge is 0.221 e. The van der Waals surface area contributed by atoms with E-state index in [1.807, 2.05) is 0 Å². The average molecular weight is 379 g/mol. The first-order valence-electron chi connectivity index (χ1n) is 11.5. The monoisotopic (exact) mass is 378 g/mol. The highest BCUT2D eigenvalue weighted by molar-refractivity contribution is 6.63. The number of carbonyl (C=O) groups is 1. The van der Waals surface area contributed by atoms with Crippen LogP contribution in [0.2, 0.25) is 0 Å². The van der Waals surface area contributed by atoms with Gasteiger partial charge in [0, 0.05) is 6.42 Å². The van der Waals surface area contributed by atoms with Gasteiger partial charge in [0.05, 0.1) is 0 Å². The standard InChI is InChI=1S/C24H39ClO/c1-16(7-12-22(25)26)19-10-11-20-18-9-8-17-6-4-5-14-23(17,2)21(18)13-15-24(19,20)3/h16-21H,4-15H2,1-3H3. The van der Waals surface area contributed by atoms with Crippen molar-refractivity contribution < 1.29 is 4.79 Å². The predicted molar refractivity (Wildman–Crippen MR) is 109 cm³/mol. The zero-order valence-corrected chi connectivity index (χ0v) is 18.0. The van der Waals surface area contributed by atoms with Gasteiger partial charge in [-0.15, -0.1) is 0 Å². The van der Waals surface area contributed by atoms with Gasteiger partial charge in [-0.3, -0.25) is 4.79 Å². The number of halogens is 1. The summed E-state index contributed by atoms with van der Waals surface area (Å²) in [5.41, 5.74) is 1.17. The van der Waals surface area contributed by atoms with E-state index >= 15 is 0 Å². The Morgan fingerprint density at radius 1 is 0.962 bits per heavy atom. The van der Waals surface area contributed by atoms with Crippen molar-refractivity contribution in [2.24, 2.45) is 46.3 Å². The average Bonchev–Trinajstić information content (AvgIpc) is 2.96. The molecule has 148 valence electrons. The molecule has 8 unspecified atom stereocenters. The highest BCUT2D eigenvalue weighted by Crippen LogP contribution is 2.68. The molecule has 0 N–H and O–H groups in total. The first-order valence-corrected chi connectivity index (χ1v) is 11.9. The maximum Gasteiger partial charge on any atom is 0.221 e. The molecule has 4 aliphatic rings. The van der Waals surface area contributed by atoms with Crippen molar-refractivity contribution in [2.75, 3.05) is 0 Å². The van der Waals surface area contributed by atoms with Gasteiger partial charge < -0.3 is 0 Å². The van der Waals surface area contributed by atoms with Crippen molar-refractivity contribution in [3.05, 3.63) is 0 Å². The normalized spacial score (nSPS) is 49.0. The molecule has 4 fully saturated rings. The van der Waals surface area contributed by atoms with Gasteiger partial charge in [0.25, 0.3) is 0 Å². The zero-order chi connectivity index (χ0) is 18.5. The van der Waals surface area contributed by atoms with Crippen molar-refractivity contribution in [3.63, 3.8) is 0 Å². The van der Waals surface area contributed by atoms with Gasteiger partial charge in [-0.05, 0) is 116 Å². The summed E-state index contributed by atoms with van der Waals surface area (Å²) in [6.45, 7) is 7.70. The van der Waals surface area contributed by atoms with Gasteiger partial charge in [0.1, 0.15) is 0 Å². The lowest BCUT2D eigenvalue weighted by molar-refractivity contribution is -0.116. The molecule has 2 heteroatoms. The molecule has 0 spiro atoms.